The SMILES string of the molecule is Cc1cc(C)n2nc(C(=O)OCC(=O)N(C)CCC#N)nc2n1. The topological polar surface area (TPSA) is 113 Å². The number of ether oxygens (including phenoxy) is 1. The van der Waals surface area contributed by atoms with Crippen LogP contribution in [0.1, 0.15) is 28.4 Å². The molecule has 23 heavy (non-hydrogen) atoms. The van der Waals surface area contributed by atoms with Crippen molar-refractivity contribution in [2.24, 2.45) is 0 Å². The summed E-state index contributed by atoms with van der Waals surface area (Å²) in [4.78, 5) is 33.2. The van der Waals surface area contributed by atoms with Gasteiger partial charge in [0.2, 0.25) is 0 Å². The molecule has 9 nitrogen and oxygen atoms in total. The number of amides is 1. The molecule has 0 spiro atoms. The van der Waals surface area contributed by atoms with E-state index in [0.717, 1.165) is 11.4 Å². The highest BCUT2D eigenvalue weighted by molar-refractivity contribution is 5.88. The molecule has 2 heterocycles. The van der Waals surface area contributed by atoms with Crippen LogP contribution in [0.4, 0.5) is 0 Å². The van der Waals surface area contributed by atoms with Gasteiger partial charge in [-0.3, -0.25) is 4.79 Å². The van der Waals surface area contributed by atoms with E-state index in [4.69, 9.17) is 10.00 Å². The van der Waals surface area contributed by atoms with E-state index in [-0.39, 0.29) is 18.8 Å². The predicted octanol–water partition coefficient (Wildman–Crippen LogP) is 0.270. The molecule has 0 N–H and O–H groups in total. The number of hydrogen-bond donors (Lipinski definition) is 0. The molecule has 1 amide bonds. The maximum Gasteiger partial charge on any atom is 0.378 e. The van der Waals surface area contributed by atoms with Gasteiger partial charge in [-0.05, 0) is 19.9 Å². The monoisotopic (exact) mass is 316 g/mol. The van der Waals surface area contributed by atoms with Gasteiger partial charge in [0.15, 0.2) is 6.61 Å². The van der Waals surface area contributed by atoms with Gasteiger partial charge in [0.1, 0.15) is 0 Å². The normalized spacial score (nSPS) is 10.3. The first-order valence-electron chi connectivity index (χ1n) is 6.91. The minimum Gasteiger partial charge on any atom is -0.450 e. The van der Waals surface area contributed by atoms with Gasteiger partial charge in [0.05, 0.1) is 12.5 Å². The van der Waals surface area contributed by atoms with Crippen LogP contribution in [-0.2, 0) is 9.53 Å². The van der Waals surface area contributed by atoms with Gasteiger partial charge < -0.3 is 9.64 Å². The van der Waals surface area contributed by atoms with Crippen LogP contribution in [0.25, 0.3) is 5.78 Å². The first-order valence-corrected chi connectivity index (χ1v) is 6.91. The van der Waals surface area contributed by atoms with Gasteiger partial charge in [-0.15, -0.1) is 5.10 Å². The Labute approximate surface area is 132 Å². The fourth-order valence-electron chi connectivity index (χ4n) is 1.90. The van der Waals surface area contributed by atoms with Gasteiger partial charge in [-0.1, -0.05) is 0 Å². The zero-order chi connectivity index (χ0) is 17.0. The maximum absolute atomic E-state index is 11.9. The lowest BCUT2D eigenvalue weighted by Crippen LogP contribution is -2.32. The van der Waals surface area contributed by atoms with Crippen LogP contribution in [0.3, 0.4) is 0 Å². The molecule has 2 aromatic heterocycles. The summed E-state index contributed by atoms with van der Waals surface area (Å²) in [6, 6.07) is 3.75. The number of nitrogens with zero attached hydrogens (tertiary/aromatic N) is 6. The van der Waals surface area contributed by atoms with Crippen LogP contribution in [0.5, 0.6) is 0 Å². The van der Waals surface area contributed by atoms with Crippen LogP contribution in [0, 0.1) is 25.2 Å². The van der Waals surface area contributed by atoms with Crippen molar-refractivity contribution in [3.05, 3.63) is 23.3 Å². The first-order chi connectivity index (χ1) is 10.9. The molecular weight excluding hydrogens is 300 g/mol. The highest BCUT2D eigenvalue weighted by Gasteiger charge is 2.18. The molecular formula is C14H16N6O3. The van der Waals surface area contributed by atoms with Crippen LogP contribution >= 0.6 is 0 Å². The van der Waals surface area contributed by atoms with Crippen molar-refractivity contribution >= 4 is 17.7 Å². The first kappa shape index (κ1) is 16.4. The molecule has 2 rings (SSSR count). The second-order valence-corrected chi connectivity index (χ2v) is 4.99. The minimum absolute atomic E-state index is 0.154. The van der Waals surface area contributed by atoms with E-state index >= 15 is 0 Å². The van der Waals surface area contributed by atoms with E-state index in [1.54, 1.807) is 0 Å². The average Bonchev–Trinajstić information content (AvgIpc) is 2.94. The summed E-state index contributed by atoms with van der Waals surface area (Å²) >= 11 is 0. The molecule has 0 saturated carbocycles. The van der Waals surface area contributed by atoms with Crippen LogP contribution in [-0.4, -0.2) is 56.6 Å². The molecule has 0 fully saturated rings. The standard InChI is InChI=1S/C14H16N6O3/c1-9-7-10(2)20-14(16-9)17-12(18-20)13(22)23-8-11(21)19(3)6-4-5-15/h7H,4,6,8H2,1-3H3. The zero-order valence-electron chi connectivity index (χ0n) is 13.1. The summed E-state index contributed by atoms with van der Waals surface area (Å²) in [5, 5.41) is 12.5. The number of nitriles is 1. The fourth-order valence-corrected chi connectivity index (χ4v) is 1.90. The lowest BCUT2D eigenvalue weighted by Gasteiger charge is -2.14. The van der Waals surface area contributed by atoms with E-state index in [0.29, 0.717) is 5.78 Å². The molecule has 0 aliphatic rings. The molecule has 0 bridgehead atoms. The highest BCUT2D eigenvalue weighted by atomic mass is 16.5. The number of hydrogen-bond acceptors (Lipinski definition) is 7. The van der Waals surface area contributed by atoms with E-state index in [1.165, 1.54) is 16.5 Å². The number of fused-ring (bicyclic) bond motifs is 1. The van der Waals surface area contributed by atoms with Crippen LogP contribution in [0.15, 0.2) is 6.07 Å². The van der Waals surface area contributed by atoms with Crippen LogP contribution in [0.2, 0.25) is 0 Å². The molecule has 0 atom stereocenters. The van der Waals surface area contributed by atoms with Crippen molar-refractivity contribution in [1.82, 2.24) is 24.5 Å². The lowest BCUT2D eigenvalue weighted by atomic mass is 10.4. The van der Waals surface area contributed by atoms with Crippen molar-refractivity contribution in [3.8, 4) is 6.07 Å². The molecule has 0 saturated heterocycles. The smallest absolute Gasteiger partial charge is 0.378 e. The molecule has 120 valence electrons. The second-order valence-electron chi connectivity index (χ2n) is 4.99. The zero-order valence-corrected chi connectivity index (χ0v) is 13.1. The summed E-state index contributed by atoms with van der Waals surface area (Å²) in [7, 11) is 1.53. The van der Waals surface area contributed by atoms with Gasteiger partial charge in [-0.25, -0.2) is 14.3 Å². The highest BCUT2D eigenvalue weighted by Crippen LogP contribution is 2.06. The average molecular weight is 316 g/mol. The summed E-state index contributed by atoms with van der Waals surface area (Å²) in [5.41, 5.74) is 1.54. The van der Waals surface area contributed by atoms with E-state index < -0.39 is 18.5 Å². The third-order valence-corrected chi connectivity index (χ3v) is 3.11. The predicted molar refractivity (Wildman–Crippen MR) is 78.4 cm³/mol. The Bertz CT molecular complexity index is 792. The summed E-state index contributed by atoms with van der Waals surface area (Å²) in [6.45, 7) is 3.48. The van der Waals surface area contributed by atoms with Gasteiger partial charge in [0.25, 0.3) is 17.5 Å². The minimum atomic E-state index is -0.797. The van der Waals surface area contributed by atoms with Crippen molar-refractivity contribution in [3.63, 3.8) is 0 Å². The Balaban J connectivity index is 2.03. The van der Waals surface area contributed by atoms with E-state index in [1.807, 2.05) is 26.0 Å². The van der Waals surface area contributed by atoms with Gasteiger partial charge >= 0.3 is 5.97 Å². The summed E-state index contributed by atoms with van der Waals surface area (Å²) in [5.74, 6) is -1.05. The molecule has 9 heteroatoms. The lowest BCUT2D eigenvalue weighted by molar-refractivity contribution is -0.133. The Kier molecular flexibility index (Phi) is 4.85. The summed E-state index contributed by atoms with van der Waals surface area (Å²) < 4.78 is 6.35. The van der Waals surface area contributed by atoms with Gasteiger partial charge in [0, 0.05) is 25.0 Å². The summed E-state index contributed by atoms with van der Waals surface area (Å²) in [6.07, 6.45) is 0.217. The Morgan fingerprint density at radius 1 is 1.39 bits per heavy atom. The second kappa shape index (κ2) is 6.83. The number of likely N-dealkylation sites (N-methyl/N-ethyl adjacent to an activating group) is 1. The van der Waals surface area contributed by atoms with Crippen molar-refractivity contribution in [1.29, 1.82) is 5.26 Å². The third-order valence-electron chi connectivity index (χ3n) is 3.11. The number of rotatable bonds is 5. The molecule has 0 aliphatic heterocycles. The Morgan fingerprint density at radius 2 is 2.13 bits per heavy atom. The van der Waals surface area contributed by atoms with E-state index in [9.17, 15) is 9.59 Å². The molecule has 0 radical (unpaired) electrons. The molecule has 0 aliphatic carbocycles. The number of aryl methyl sites for hydroxylation is 2. The Hall–Kier alpha value is -3.02. The number of aromatic nitrogens is 4. The molecule has 2 aromatic rings. The quantitative estimate of drug-likeness (QED) is 0.727. The third kappa shape index (κ3) is 3.79. The van der Waals surface area contributed by atoms with Crippen molar-refractivity contribution < 1.29 is 14.3 Å². The molecule has 0 unspecified atom stereocenters. The van der Waals surface area contributed by atoms with Crippen molar-refractivity contribution in [2.75, 3.05) is 20.2 Å². The Morgan fingerprint density at radius 3 is 2.83 bits per heavy atom. The van der Waals surface area contributed by atoms with Crippen LogP contribution < -0.4 is 0 Å². The molecule has 0 aromatic carbocycles. The fraction of sp³-hybridized carbons (Fsp3) is 0.429. The van der Waals surface area contributed by atoms with Gasteiger partial charge in [-0.2, -0.15) is 10.2 Å². The largest absolute Gasteiger partial charge is 0.450 e. The maximum atomic E-state index is 11.9. The number of esters is 1. The number of carbonyl (C=O) groups is 2. The van der Waals surface area contributed by atoms with Crippen molar-refractivity contribution in [2.45, 2.75) is 20.3 Å². The number of carbonyl (C=O) groups excluding carboxylic acids is 2. The van der Waals surface area contributed by atoms with E-state index in [2.05, 4.69) is 15.1 Å².